The largest absolute Gasteiger partial charge is 0.464 e. The van der Waals surface area contributed by atoms with E-state index in [1.165, 1.54) is 12.1 Å². The van der Waals surface area contributed by atoms with E-state index in [1.54, 1.807) is 13.8 Å². The van der Waals surface area contributed by atoms with Gasteiger partial charge in [-0.25, -0.2) is 9.18 Å². The zero-order valence-electron chi connectivity index (χ0n) is 8.96. The first-order valence-corrected chi connectivity index (χ1v) is 5.15. The van der Waals surface area contributed by atoms with Crippen molar-refractivity contribution >= 4 is 17.6 Å². The van der Waals surface area contributed by atoms with Crippen molar-refractivity contribution in [2.24, 2.45) is 0 Å². The van der Waals surface area contributed by atoms with Crippen LogP contribution < -0.4 is 0 Å². The number of aryl methyl sites for hydroxylation is 1. The first kappa shape index (κ1) is 12.9. The molecule has 88 valence electrons. The van der Waals surface area contributed by atoms with Crippen LogP contribution in [0.25, 0.3) is 0 Å². The molecule has 0 heterocycles. The Morgan fingerprint density at radius 3 is 2.81 bits per heavy atom. The van der Waals surface area contributed by atoms with Crippen LogP contribution in [0.4, 0.5) is 4.39 Å². The summed E-state index contributed by atoms with van der Waals surface area (Å²) >= 11 is 5.57. The number of ether oxygens (including phenoxy) is 1. The van der Waals surface area contributed by atoms with Gasteiger partial charge >= 0.3 is 5.97 Å². The third kappa shape index (κ3) is 2.71. The standard InChI is InChI=1S/C11H12ClFO3/c1-3-16-11(15)10(14)7-5-8(12)9(13)4-6(7)2/h4-5,10,14H,3H2,1-2H3. The van der Waals surface area contributed by atoms with E-state index in [0.717, 1.165) is 0 Å². The molecule has 0 spiro atoms. The second kappa shape index (κ2) is 5.27. The van der Waals surface area contributed by atoms with Crippen molar-refractivity contribution in [1.29, 1.82) is 0 Å². The van der Waals surface area contributed by atoms with E-state index < -0.39 is 17.9 Å². The highest BCUT2D eigenvalue weighted by Crippen LogP contribution is 2.25. The Morgan fingerprint density at radius 1 is 1.62 bits per heavy atom. The summed E-state index contributed by atoms with van der Waals surface area (Å²) < 4.78 is 17.7. The number of carbonyl (C=O) groups is 1. The van der Waals surface area contributed by atoms with E-state index >= 15 is 0 Å². The summed E-state index contributed by atoms with van der Waals surface area (Å²) in [5.74, 6) is -1.35. The van der Waals surface area contributed by atoms with Gasteiger partial charge in [0.05, 0.1) is 11.6 Å². The first-order chi connectivity index (χ1) is 7.47. The lowest BCUT2D eigenvalue weighted by Crippen LogP contribution is -2.16. The fraction of sp³-hybridized carbons (Fsp3) is 0.364. The van der Waals surface area contributed by atoms with E-state index in [1.807, 2.05) is 0 Å². The predicted octanol–water partition coefficient (Wildman–Crippen LogP) is 2.38. The molecule has 0 aliphatic rings. The molecule has 0 fully saturated rings. The Bertz CT molecular complexity index is 406. The second-order valence-electron chi connectivity index (χ2n) is 3.28. The quantitative estimate of drug-likeness (QED) is 0.833. The van der Waals surface area contributed by atoms with Gasteiger partial charge in [-0.3, -0.25) is 0 Å². The Hall–Kier alpha value is -1.13. The second-order valence-corrected chi connectivity index (χ2v) is 3.68. The Kier molecular flexibility index (Phi) is 4.26. The number of rotatable bonds is 3. The summed E-state index contributed by atoms with van der Waals surface area (Å²) in [5, 5.41) is 9.53. The van der Waals surface area contributed by atoms with Crippen molar-refractivity contribution < 1.29 is 19.0 Å². The first-order valence-electron chi connectivity index (χ1n) is 4.77. The highest BCUT2D eigenvalue weighted by atomic mass is 35.5. The molecule has 0 aliphatic heterocycles. The van der Waals surface area contributed by atoms with Gasteiger partial charge in [0.15, 0.2) is 6.10 Å². The molecule has 1 aromatic rings. The normalized spacial score (nSPS) is 12.3. The Balaban J connectivity index is 3.04. The monoisotopic (exact) mass is 246 g/mol. The van der Waals surface area contributed by atoms with Crippen molar-refractivity contribution in [1.82, 2.24) is 0 Å². The van der Waals surface area contributed by atoms with Crippen LogP contribution >= 0.6 is 11.6 Å². The van der Waals surface area contributed by atoms with Gasteiger partial charge in [0.2, 0.25) is 0 Å². The minimum atomic E-state index is -1.43. The maximum atomic E-state index is 13.0. The van der Waals surface area contributed by atoms with Crippen molar-refractivity contribution in [3.8, 4) is 0 Å². The number of esters is 1. The van der Waals surface area contributed by atoms with Crippen molar-refractivity contribution in [2.45, 2.75) is 20.0 Å². The summed E-state index contributed by atoms with van der Waals surface area (Å²) in [7, 11) is 0. The van der Waals surface area contributed by atoms with Gasteiger partial charge in [0.1, 0.15) is 5.82 Å². The highest BCUT2D eigenvalue weighted by molar-refractivity contribution is 6.30. The number of aliphatic hydroxyl groups is 1. The Labute approximate surface area is 97.8 Å². The SMILES string of the molecule is CCOC(=O)C(O)c1cc(Cl)c(F)cc1C. The molecule has 0 saturated carbocycles. The number of hydrogen-bond acceptors (Lipinski definition) is 3. The van der Waals surface area contributed by atoms with E-state index in [4.69, 9.17) is 11.6 Å². The van der Waals surface area contributed by atoms with Gasteiger partial charge in [0.25, 0.3) is 0 Å². The molecule has 5 heteroatoms. The highest BCUT2D eigenvalue weighted by Gasteiger charge is 2.21. The topological polar surface area (TPSA) is 46.5 Å². The minimum Gasteiger partial charge on any atom is -0.464 e. The lowest BCUT2D eigenvalue weighted by atomic mass is 10.0. The number of aliphatic hydroxyl groups excluding tert-OH is 1. The van der Waals surface area contributed by atoms with Crippen LogP contribution in [0.1, 0.15) is 24.2 Å². The predicted molar refractivity (Wildman–Crippen MR) is 57.7 cm³/mol. The molecule has 0 aromatic heterocycles. The molecule has 0 aliphatic carbocycles. The molecule has 1 unspecified atom stereocenters. The van der Waals surface area contributed by atoms with Gasteiger partial charge in [0, 0.05) is 0 Å². The molecule has 16 heavy (non-hydrogen) atoms. The fourth-order valence-electron chi connectivity index (χ4n) is 1.30. The third-order valence-corrected chi connectivity index (χ3v) is 2.40. The third-order valence-electron chi connectivity index (χ3n) is 2.11. The van der Waals surface area contributed by atoms with Crippen LogP contribution in [0.15, 0.2) is 12.1 Å². The average molecular weight is 247 g/mol. The van der Waals surface area contributed by atoms with E-state index in [-0.39, 0.29) is 17.2 Å². The molecular weight excluding hydrogens is 235 g/mol. The lowest BCUT2D eigenvalue weighted by Gasteiger charge is -2.13. The molecule has 1 rings (SSSR count). The van der Waals surface area contributed by atoms with Crippen molar-refractivity contribution in [2.75, 3.05) is 6.61 Å². The van der Waals surface area contributed by atoms with Crippen molar-refractivity contribution in [3.05, 3.63) is 34.1 Å². The van der Waals surface area contributed by atoms with Crippen LogP contribution in [0.5, 0.6) is 0 Å². The smallest absolute Gasteiger partial charge is 0.339 e. The van der Waals surface area contributed by atoms with Crippen LogP contribution in [-0.2, 0) is 9.53 Å². The van der Waals surface area contributed by atoms with Gasteiger partial charge in [-0.2, -0.15) is 0 Å². The van der Waals surface area contributed by atoms with E-state index in [9.17, 15) is 14.3 Å². The van der Waals surface area contributed by atoms with E-state index in [0.29, 0.717) is 5.56 Å². The number of hydrogen-bond donors (Lipinski definition) is 1. The number of benzene rings is 1. The molecule has 0 bridgehead atoms. The molecule has 3 nitrogen and oxygen atoms in total. The molecule has 0 amide bonds. The molecule has 1 atom stereocenters. The zero-order valence-corrected chi connectivity index (χ0v) is 9.71. The minimum absolute atomic E-state index is 0.135. The number of carbonyl (C=O) groups excluding carboxylic acids is 1. The van der Waals surface area contributed by atoms with E-state index in [2.05, 4.69) is 4.74 Å². The molecule has 1 aromatic carbocycles. The van der Waals surface area contributed by atoms with Crippen LogP contribution in [-0.4, -0.2) is 17.7 Å². The summed E-state index contributed by atoms with van der Waals surface area (Å²) in [6.07, 6.45) is -1.43. The van der Waals surface area contributed by atoms with Crippen LogP contribution in [0.2, 0.25) is 5.02 Å². The van der Waals surface area contributed by atoms with Gasteiger partial charge < -0.3 is 9.84 Å². The average Bonchev–Trinajstić information content (AvgIpc) is 2.23. The molecule has 0 radical (unpaired) electrons. The summed E-state index contributed by atoms with van der Waals surface area (Å²) in [6, 6.07) is 2.40. The summed E-state index contributed by atoms with van der Waals surface area (Å²) in [4.78, 5) is 11.3. The number of halogens is 2. The van der Waals surface area contributed by atoms with Gasteiger partial charge in [-0.05, 0) is 37.1 Å². The summed E-state index contributed by atoms with van der Waals surface area (Å²) in [5.41, 5.74) is 0.701. The lowest BCUT2D eigenvalue weighted by molar-refractivity contribution is -0.153. The van der Waals surface area contributed by atoms with Crippen LogP contribution in [0, 0.1) is 12.7 Å². The fourth-order valence-corrected chi connectivity index (χ4v) is 1.48. The summed E-state index contributed by atoms with van der Waals surface area (Å²) in [6.45, 7) is 3.39. The van der Waals surface area contributed by atoms with Crippen LogP contribution in [0.3, 0.4) is 0 Å². The molecular formula is C11H12ClFO3. The maximum Gasteiger partial charge on any atom is 0.339 e. The van der Waals surface area contributed by atoms with Gasteiger partial charge in [-0.15, -0.1) is 0 Å². The Morgan fingerprint density at radius 2 is 2.25 bits per heavy atom. The van der Waals surface area contributed by atoms with Crippen molar-refractivity contribution in [3.63, 3.8) is 0 Å². The van der Waals surface area contributed by atoms with Gasteiger partial charge in [-0.1, -0.05) is 11.6 Å². The molecule has 0 saturated heterocycles. The zero-order chi connectivity index (χ0) is 12.3. The maximum absolute atomic E-state index is 13.0. The molecule has 1 N–H and O–H groups in total.